The fraction of sp³-hybridized carbons (Fsp3) is 0.188. The van der Waals surface area contributed by atoms with Crippen LogP contribution in [0.2, 0.25) is 0 Å². The molecule has 0 spiro atoms. The maximum atomic E-state index is 4.79. The largest absolute Gasteiger partial charge is 0.315 e. The van der Waals surface area contributed by atoms with Gasteiger partial charge in [-0.05, 0) is 16.8 Å². The summed E-state index contributed by atoms with van der Waals surface area (Å²) in [6.45, 7) is 2.15. The Balaban J connectivity index is 1.74. The molecule has 19 heavy (non-hydrogen) atoms. The maximum Gasteiger partial charge on any atom is 0.0989 e. The van der Waals surface area contributed by atoms with Crippen LogP contribution in [0.15, 0.2) is 47.8 Å². The zero-order chi connectivity index (χ0) is 12.7. The van der Waals surface area contributed by atoms with Crippen LogP contribution in [-0.2, 0) is 0 Å². The lowest BCUT2D eigenvalue weighted by molar-refractivity contribution is 0.447. The fourth-order valence-corrected chi connectivity index (χ4v) is 3.35. The molecule has 0 saturated carbocycles. The second-order valence-corrected chi connectivity index (χ2v) is 5.88. The van der Waals surface area contributed by atoms with E-state index in [1.807, 2.05) is 0 Å². The average molecular weight is 266 g/mol. The number of hydrogen-bond acceptors (Lipinski definition) is 3. The molecule has 1 aliphatic heterocycles. The van der Waals surface area contributed by atoms with E-state index in [9.17, 15) is 0 Å². The summed E-state index contributed by atoms with van der Waals surface area (Å²) in [4.78, 5) is 4.79. The summed E-state index contributed by atoms with van der Waals surface area (Å²) >= 11 is 1.78. The number of nitrogens with zero attached hydrogens (tertiary/aromatic N) is 1. The lowest BCUT2D eigenvalue weighted by Gasteiger charge is -2.24. The van der Waals surface area contributed by atoms with Crippen LogP contribution in [0.4, 0.5) is 0 Å². The zero-order valence-electron chi connectivity index (χ0n) is 10.5. The van der Waals surface area contributed by atoms with Crippen molar-refractivity contribution in [2.24, 2.45) is 0 Å². The molecule has 1 aromatic heterocycles. The Morgan fingerprint density at radius 3 is 2.68 bits per heavy atom. The molecule has 3 aromatic rings. The molecule has 1 N–H and O–H groups in total. The van der Waals surface area contributed by atoms with Crippen molar-refractivity contribution in [3.05, 3.63) is 52.9 Å². The Bertz CT molecular complexity index is 728. The van der Waals surface area contributed by atoms with E-state index in [0.29, 0.717) is 5.92 Å². The SMILES string of the molecule is c1ccc2cc(-c3csc(C4CNC4)n3)ccc2c1. The van der Waals surface area contributed by atoms with Gasteiger partial charge in [-0.2, -0.15) is 0 Å². The molecular formula is C16H14N2S. The summed E-state index contributed by atoms with van der Waals surface area (Å²) in [6.07, 6.45) is 0. The average Bonchev–Trinajstić information content (AvgIpc) is 2.85. The van der Waals surface area contributed by atoms with Crippen LogP contribution in [0.1, 0.15) is 10.9 Å². The Hall–Kier alpha value is -1.71. The van der Waals surface area contributed by atoms with Crippen molar-refractivity contribution >= 4 is 22.1 Å². The van der Waals surface area contributed by atoms with Gasteiger partial charge in [0.15, 0.2) is 0 Å². The number of nitrogens with one attached hydrogen (secondary N) is 1. The molecule has 2 heterocycles. The number of thiazole rings is 1. The van der Waals surface area contributed by atoms with Crippen molar-refractivity contribution in [1.29, 1.82) is 0 Å². The summed E-state index contributed by atoms with van der Waals surface area (Å²) in [5, 5.41) is 9.30. The van der Waals surface area contributed by atoms with E-state index >= 15 is 0 Å². The smallest absolute Gasteiger partial charge is 0.0989 e. The van der Waals surface area contributed by atoms with E-state index in [0.717, 1.165) is 18.8 Å². The lowest BCUT2D eigenvalue weighted by atomic mass is 10.0. The first-order chi connectivity index (χ1) is 9.40. The molecule has 2 aromatic carbocycles. The Morgan fingerprint density at radius 1 is 1.05 bits per heavy atom. The zero-order valence-corrected chi connectivity index (χ0v) is 11.3. The minimum absolute atomic E-state index is 0.624. The summed E-state index contributed by atoms with van der Waals surface area (Å²) in [5.74, 6) is 0.624. The standard InChI is InChI=1S/C16H14N2S/c1-2-4-12-7-13(6-5-11(12)3-1)15-10-19-16(18-15)14-8-17-9-14/h1-7,10,14,17H,8-9H2. The molecule has 0 atom stereocenters. The van der Waals surface area contributed by atoms with Crippen molar-refractivity contribution in [1.82, 2.24) is 10.3 Å². The number of fused-ring (bicyclic) bond motifs is 1. The molecular weight excluding hydrogens is 252 g/mol. The van der Waals surface area contributed by atoms with Gasteiger partial charge in [-0.1, -0.05) is 36.4 Å². The number of aromatic nitrogens is 1. The molecule has 3 heteroatoms. The van der Waals surface area contributed by atoms with Crippen LogP contribution in [0, 0.1) is 0 Å². The van der Waals surface area contributed by atoms with Crippen LogP contribution in [0.3, 0.4) is 0 Å². The number of benzene rings is 2. The first-order valence-electron chi connectivity index (χ1n) is 6.55. The van der Waals surface area contributed by atoms with E-state index in [2.05, 4.69) is 53.2 Å². The van der Waals surface area contributed by atoms with E-state index in [1.54, 1.807) is 11.3 Å². The number of rotatable bonds is 2. The third kappa shape index (κ3) is 1.95. The van der Waals surface area contributed by atoms with Gasteiger partial charge >= 0.3 is 0 Å². The topological polar surface area (TPSA) is 24.9 Å². The maximum absolute atomic E-state index is 4.79. The molecule has 0 bridgehead atoms. The molecule has 0 radical (unpaired) electrons. The third-order valence-electron chi connectivity index (χ3n) is 3.70. The molecule has 0 aliphatic carbocycles. The van der Waals surface area contributed by atoms with E-state index < -0.39 is 0 Å². The minimum atomic E-state index is 0.624. The van der Waals surface area contributed by atoms with Gasteiger partial charge in [0.1, 0.15) is 0 Å². The molecule has 0 amide bonds. The highest BCUT2D eigenvalue weighted by Crippen LogP contribution is 2.29. The van der Waals surface area contributed by atoms with Crippen LogP contribution < -0.4 is 5.32 Å². The first kappa shape index (κ1) is 11.1. The van der Waals surface area contributed by atoms with Crippen molar-refractivity contribution in [2.75, 3.05) is 13.1 Å². The third-order valence-corrected chi connectivity index (χ3v) is 4.71. The molecule has 1 fully saturated rings. The molecule has 1 saturated heterocycles. The molecule has 4 rings (SSSR count). The highest BCUT2D eigenvalue weighted by molar-refractivity contribution is 7.10. The first-order valence-corrected chi connectivity index (χ1v) is 7.43. The van der Waals surface area contributed by atoms with Crippen molar-refractivity contribution in [3.8, 4) is 11.3 Å². The van der Waals surface area contributed by atoms with Crippen molar-refractivity contribution < 1.29 is 0 Å². The summed E-state index contributed by atoms with van der Waals surface area (Å²) in [7, 11) is 0. The fourth-order valence-electron chi connectivity index (χ4n) is 2.42. The summed E-state index contributed by atoms with van der Waals surface area (Å²) < 4.78 is 0. The Labute approximate surface area is 116 Å². The van der Waals surface area contributed by atoms with Crippen LogP contribution >= 0.6 is 11.3 Å². The lowest BCUT2D eigenvalue weighted by Crippen LogP contribution is -2.39. The van der Waals surface area contributed by atoms with Gasteiger partial charge in [0.05, 0.1) is 10.7 Å². The van der Waals surface area contributed by atoms with Gasteiger partial charge < -0.3 is 5.32 Å². The molecule has 2 nitrogen and oxygen atoms in total. The van der Waals surface area contributed by atoms with Gasteiger partial charge in [-0.3, -0.25) is 0 Å². The highest BCUT2D eigenvalue weighted by Gasteiger charge is 2.22. The van der Waals surface area contributed by atoms with Gasteiger partial charge in [0, 0.05) is 30.0 Å². The second-order valence-electron chi connectivity index (χ2n) is 4.99. The van der Waals surface area contributed by atoms with Crippen LogP contribution in [0.25, 0.3) is 22.0 Å². The minimum Gasteiger partial charge on any atom is -0.315 e. The normalized spacial score (nSPS) is 15.6. The molecule has 0 unspecified atom stereocenters. The monoisotopic (exact) mass is 266 g/mol. The van der Waals surface area contributed by atoms with Gasteiger partial charge in [0.2, 0.25) is 0 Å². The summed E-state index contributed by atoms with van der Waals surface area (Å²) in [5.41, 5.74) is 2.33. The van der Waals surface area contributed by atoms with E-state index in [-0.39, 0.29) is 0 Å². The van der Waals surface area contributed by atoms with Crippen molar-refractivity contribution in [3.63, 3.8) is 0 Å². The Morgan fingerprint density at radius 2 is 1.89 bits per heavy atom. The highest BCUT2D eigenvalue weighted by atomic mass is 32.1. The van der Waals surface area contributed by atoms with Gasteiger partial charge in [0.25, 0.3) is 0 Å². The van der Waals surface area contributed by atoms with Crippen LogP contribution in [-0.4, -0.2) is 18.1 Å². The molecule has 1 aliphatic rings. The van der Waals surface area contributed by atoms with Gasteiger partial charge in [-0.15, -0.1) is 11.3 Å². The van der Waals surface area contributed by atoms with Crippen LogP contribution in [0.5, 0.6) is 0 Å². The summed E-state index contributed by atoms with van der Waals surface area (Å²) in [6, 6.07) is 15.0. The predicted octanol–water partition coefficient (Wildman–Crippen LogP) is 3.65. The Kier molecular flexibility index (Phi) is 2.60. The number of hydrogen-bond donors (Lipinski definition) is 1. The predicted molar refractivity (Wildman–Crippen MR) is 80.7 cm³/mol. The van der Waals surface area contributed by atoms with E-state index in [1.165, 1.54) is 21.3 Å². The van der Waals surface area contributed by atoms with Crippen molar-refractivity contribution in [2.45, 2.75) is 5.92 Å². The van der Waals surface area contributed by atoms with Gasteiger partial charge in [-0.25, -0.2) is 4.98 Å². The second kappa shape index (κ2) is 4.44. The van der Waals surface area contributed by atoms with E-state index in [4.69, 9.17) is 4.98 Å². The quantitative estimate of drug-likeness (QED) is 0.766. The molecule has 94 valence electrons.